The molecule has 2 atom stereocenters. The van der Waals surface area contributed by atoms with Gasteiger partial charge in [0.15, 0.2) is 8.32 Å². The van der Waals surface area contributed by atoms with Gasteiger partial charge in [-0.2, -0.15) is 0 Å². The average Bonchev–Trinajstić information content (AvgIpc) is 3.14. The van der Waals surface area contributed by atoms with Crippen LogP contribution in [0.15, 0.2) is 47.6 Å². The molecule has 0 saturated carbocycles. The molecule has 0 bridgehead atoms. The van der Waals surface area contributed by atoms with E-state index in [0.717, 1.165) is 29.7 Å². The predicted molar refractivity (Wildman–Crippen MR) is 128 cm³/mol. The van der Waals surface area contributed by atoms with E-state index < -0.39 is 8.32 Å². The van der Waals surface area contributed by atoms with Gasteiger partial charge >= 0.3 is 0 Å². The van der Waals surface area contributed by atoms with Crippen LogP contribution < -0.4 is 0 Å². The van der Waals surface area contributed by atoms with Crippen molar-refractivity contribution in [1.82, 2.24) is 4.98 Å². The second kappa shape index (κ2) is 9.18. The molecule has 0 amide bonds. The first-order valence-electron chi connectivity index (χ1n) is 10.5. The maximum absolute atomic E-state index is 10.9. The molecule has 2 aromatic rings. The van der Waals surface area contributed by atoms with E-state index in [2.05, 4.69) is 38.8 Å². The number of aliphatic imine (C=N–C) groups is 1. The molecule has 1 aromatic heterocycles. The highest BCUT2D eigenvalue weighted by Crippen LogP contribution is 2.42. The minimum Gasteiger partial charge on any atom is -0.408 e. The van der Waals surface area contributed by atoms with Crippen LogP contribution in [0.25, 0.3) is 0 Å². The molecule has 1 aliphatic heterocycles. The number of non-ortho nitro benzene ring substituents is 1. The van der Waals surface area contributed by atoms with Crippen LogP contribution in [-0.4, -0.2) is 30.0 Å². The van der Waals surface area contributed by atoms with Crippen molar-refractivity contribution >= 4 is 31.3 Å². The third-order valence-electron chi connectivity index (χ3n) is 6.29. The lowest BCUT2D eigenvalue weighted by atomic mass is 10.0. The Morgan fingerprint density at radius 3 is 2.45 bits per heavy atom. The molecule has 6 nitrogen and oxygen atoms in total. The topological polar surface area (TPSA) is 77.6 Å². The maximum Gasteiger partial charge on any atom is 0.269 e. The smallest absolute Gasteiger partial charge is 0.269 e. The number of nitro groups is 1. The second-order valence-electron chi connectivity index (χ2n) is 9.61. The summed E-state index contributed by atoms with van der Waals surface area (Å²) in [5.74, 6) is 0. The number of hydrogen-bond acceptors (Lipinski definition) is 5. The minimum atomic E-state index is -2.04. The third-order valence-corrected chi connectivity index (χ3v) is 11.0. The molecule has 1 aliphatic rings. The van der Waals surface area contributed by atoms with E-state index >= 15 is 0 Å². The summed E-state index contributed by atoms with van der Waals surface area (Å²) in [5.41, 5.74) is 3.23. The molecule has 166 valence electrons. The largest absolute Gasteiger partial charge is 0.408 e. The lowest BCUT2D eigenvalue weighted by Gasteiger charge is -2.40. The molecular weight excluding hydrogens is 430 g/mol. The maximum atomic E-state index is 10.9. The average molecular weight is 460 g/mol. The quantitative estimate of drug-likeness (QED) is 0.203. The predicted octanol–water partition coefficient (Wildman–Crippen LogP) is 6.55. The van der Waals surface area contributed by atoms with Crippen LogP contribution in [0, 0.1) is 10.1 Å². The Balaban J connectivity index is 1.83. The number of aromatic nitrogens is 1. The Bertz CT molecular complexity index is 954. The van der Waals surface area contributed by atoms with E-state index in [9.17, 15) is 10.1 Å². The van der Waals surface area contributed by atoms with Gasteiger partial charge in [0.2, 0.25) is 0 Å². The number of rotatable bonds is 7. The Morgan fingerprint density at radius 1 is 1.23 bits per heavy atom. The van der Waals surface area contributed by atoms with E-state index in [1.165, 1.54) is 0 Å². The van der Waals surface area contributed by atoms with Gasteiger partial charge < -0.3 is 4.43 Å². The van der Waals surface area contributed by atoms with E-state index in [1.54, 1.807) is 36.5 Å². The number of benzene rings is 1. The molecule has 8 heteroatoms. The molecular formula is C23H30ClN3O3Si. The summed E-state index contributed by atoms with van der Waals surface area (Å²) in [4.78, 5) is 19.8. The highest BCUT2D eigenvalue weighted by molar-refractivity contribution is 6.74. The first-order valence-corrected chi connectivity index (χ1v) is 13.8. The van der Waals surface area contributed by atoms with Crippen molar-refractivity contribution in [3.63, 3.8) is 0 Å². The zero-order valence-electron chi connectivity index (χ0n) is 18.8. The van der Waals surface area contributed by atoms with Gasteiger partial charge in [-0.3, -0.25) is 15.1 Å². The van der Waals surface area contributed by atoms with Crippen LogP contribution in [-0.2, 0) is 10.8 Å². The fraction of sp³-hybridized carbons (Fsp3) is 0.478. The van der Waals surface area contributed by atoms with Crippen molar-refractivity contribution in [2.45, 2.75) is 70.3 Å². The summed E-state index contributed by atoms with van der Waals surface area (Å²) in [7, 11) is -2.04. The Hall–Kier alpha value is -2.09. The van der Waals surface area contributed by atoms with Crippen LogP contribution in [0.5, 0.6) is 0 Å². The van der Waals surface area contributed by atoms with Crippen molar-refractivity contribution in [3.05, 3.63) is 69.0 Å². The molecule has 0 spiro atoms. The standard InChI is InChI=1S/C23H30ClN3O3Si/c1-23(2,3)31(4,5)30-22(17-8-13-21(24)25-15-17)20-12-9-18(26-20)14-16-6-10-19(11-7-16)27(28)29/h6-8,10-11,13,15,20,22H,9,12,14H2,1-5H3/t20-,22?/m1/s1. The van der Waals surface area contributed by atoms with Crippen LogP contribution in [0.3, 0.4) is 0 Å². The molecule has 0 N–H and O–H groups in total. The van der Waals surface area contributed by atoms with E-state index in [1.807, 2.05) is 6.07 Å². The molecule has 31 heavy (non-hydrogen) atoms. The highest BCUT2D eigenvalue weighted by Gasteiger charge is 2.42. The van der Waals surface area contributed by atoms with Gasteiger partial charge in [0.05, 0.1) is 17.1 Å². The van der Waals surface area contributed by atoms with Crippen molar-refractivity contribution in [2.24, 2.45) is 4.99 Å². The van der Waals surface area contributed by atoms with Gasteiger partial charge in [-0.05, 0) is 42.6 Å². The Morgan fingerprint density at radius 2 is 1.90 bits per heavy atom. The van der Waals surface area contributed by atoms with Gasteiger partial charge in [-0.1, -0.05) is 50.6 Å². The first kappa shape index (κ1) is 23.6. The number of nitrogens with zero attached hydrogens (tertiary/aromatic N) is 3. The van der Waals surface area contributed by atoms with Gasteiger partial charge in [0.25, 0.3) is 5.69 Å². The van der Waals surface area contributed by atoms with Gasteiger partial charge in [-0.15, -0.1) is 0 Å². The SMILES string of the molecule is CC(C)(C)[Si](C)(C)OC(c1ccc(Cl)nc1)[C@H]1CCC(Cc2ccc([N+](=O)[O-])cc2)=N1. The molecule has 2 heterocycles. The molecule has 1 unspecified atom stereocenters. The van der Waals surface area contributed by atoms with Gasteiger partial charge in [0, 0.05) is 36.0 Å². The normalized spacial score (nSPS) is 18.0. The summed E-state index contributed by atoms with van der Waals surface area (Å²) < 4.78 is 6.83. The van der Waals surface area contributed by atoms with Crippen molar-refractivity contribution in [1.29, 1.82) is 0 Å². The lowest BCUT2D eigenvalue weighted by Crippen LogP contribution is -2.43. The van der Waals surface area contributed by atoms with Gasteiger partial charge in [-0.25, -0.2) is 4.98 Å². The van der Waals surface area contributed by atoms with Crippen molar-refractivity contribution < 1.29 is 9.35 Å². The van der Waals surface area contributed by atoms with Crippen LogP contribution in [0.1, 0.15) is 50.8 Å². The molecule has 0 fully saturated rings. The Labute approximate surface area is 190 Å². The van der Waals surface area contributed by atoms with E-state index in [0.29, 0.717) is 11.6 Å². The summed E-state index contributed by atoms with van der Waals surface area (Å²) in [5, 5.41) is 11.4. The first-order chi connectivity index (χ1) is 14.5. The molecule has 3 rings (SSSR count). The zero-order valence-corrected chi connectivity index (χ0v) is 20.5. The molecule has 1 aromatic carbocycles. The van der Waals surface area contributed by atoms with Gasteiger partial charge in [0.1, 0.15) is 5.15 Å². The summed E-state index contributed by atoms with van der Waals surface area (Å²) >= 11 is 6.01. The molecule has 0 radical (unpaired) electrons. The summed E-state index contributed by atoms with van der Waals surface area (Å²) in [6, 6.07) is 10.5. The van der Waals surface area contributed by atoms with Crippen molar-refractivity contribution in [2.75, 3.05) is 0 Å². The lowest BCUT2D eigenvalue weighted by molar-refractivity contribution is -0.384. The molecule has 0 saturated heterocycles. The molecule has 0 aliphatic carbocycles. The van der Waals surface area contributed by atoms with Crippen LogP contribution >= 0.6 is 11.6 Å². The number of hydrogen-bond donors (Lipinski definition) is 0. The second-order valence-corrected chi connectivity index (χ2v) is 14.8. The highest BCUT2D eigenvalue weighted by atomic mass is 35.5. The third kappa shape index (κ3) is 5.78. The summed E-state index contributed by atoms with van der Waals surface area (Å²) in [6.07, 6.45) is 4.12. The zero-order chi connectivity index (χ0) is 22.8. The Kier molecular flexibility index (Phi) is 6.98. The van der Waals surface area contributed by atoms with Crippen LogP contribution in [0.2, 0.25) is 23.3 Å². The van der Waals surface area contributed by atoms with E-state index in [-0.39, 0.29) is 27.8 Å². The number of halogens is 1. The fourth-order valence-electron chi connectivity index (χ4n) is 3.42. The van der Waals surface area contributed by atoms with Crippen LogP contribution in [0.4, 0.5) is 5.69 Å². The minimum absolute atomic E-state index is 0.0187. The summed E-state index contributed by atoms with van der Waals surface area (Å²) in [6.45, 7) is 11.2. The number of nitro benzene ring substituents is 1. The monoisotopic (exact) mass is 459 g/mol. The fourth-order valence-corrected chi connectivity index (χ4v) is 4.81. The van der Waals surface area contributed by atoms with E-state index in [4.69, 9.17) is 21.0 Å². The number of pyridine rings is 1. The van der Waals surface area contributed by atoms with Crippen molar-refractivity contribution in [3.8, 4) is 0 Å².